The summed E-state index contributed by atoms with van der Waals surface area (Å²) in [7, 11) is 0. The van der Waals surface area contributed by atoms with Crippen LogP contribution in [0, 0.1) is 0 Å². The molecule has 14 heavy (non-hydrogen) atoms. The molecule has 1 aromatic heterocycles. The molecule has 0 bridgehead atoms. The molecule has 2 atom stereocenters. The van der Waals surface area contributed by atoms with Crippen molar-refractivity contribution in [2.45, 2.75) is 25.9 Å². The van der Waals surface area contributed by atoms with Crippen LogP contribution in [-0.4, -0.2) is 16.9 Å². The molecule has 0 radical (unpaired) electrons. The topological polar surface area (TPSA) is 68.0 Å². The molecule has 1 aromatic rings. The number of carbonyl (C=O) groups excluding carboxylic acids is 1. The first-order valence-corrected chi connectivity index (χ1v) is 4.57. The average Bonchev–Trinajstić information content (AvgIpc) is 2.19. The number of amides is 1. The van der Waals surface area contributed by atoms with E-state index in [2.05, 4.69) is 10.3 Å². The van der Waals surface area contributed by atoms with Gasteiger partial charge < -0.3 is 5.73 Å². The lowest BCUT2D eigenvalue weighted by Crippen LogP contribution is -2.40. The van der Waals surface area contributed by atoms with Crippen LogP contribution in [0.3, 0.4) is 0 Å². The molecule has 0 aliphatic rings. The number of carbonyl (C=O) groups is 1. The third-order valence-electron chi connectivity index (χ3n) is 2.06. The van der Waals surface area contributed by atoms with Gasteiger partial charge in [0, 0.05) is 12.2 Å². The van der Waals surface area contributed by atoms with E-state index < -0.39 is 0 Å². The molecule has 1 heterocycles. The van der Waals surface area contributed by atoms with Gasteiger partial charge in [-0.25, -0.2) is 0 Å². The Hall–Kier alpha value is -1.42. The fourth-order valence-corrected chi connectivity index (χ4v) is 1.17. The number of hydrogen-bond donors (Lipinski definition) is 2. The SMILES string of the molecule is CC(N[C@H](C)c1ccccn1)C(N)=O. The second-order valence-electron chi connectivity index (χ2n) is 3.27. The fourth-order valence-electron chi connectivity index (χ4n) is 1.17. The smallest absolute Gasteiger partial charge is 0.234 e. The Labute approximate surface area is 83.5 Å². The lowest BCUT2D eigenvalue weighted by Gasteiger charge is -2.16. The number of aromatic nitrogens is 1. The normalized spacial score (nSPS) is 14.7. The van der Waals surface area contributed by atoms with Crippen LogP contribution in [-0.2, 0) is 4.79 Å². The highest BCUT2D eigenvalue weighted by Gasteiger charge is 2.13. The van der Waals surface area contributed by atoms with E-state index in [1.165, 1.54) is 0 Å². The summed E-state index contributed by atoms with van der Waals surface area (Å²) in [6, 6.07) is 5.36. The van der Waals surface area contributed by atoms with Crippen LogP contribution in [0.4, 0.5) is 0 Å². The Bertz CT molecular complexity index is 299. The Kier molecular flexibility index (Phi) is 3.59. The van der Waals surface area contributed by atoms with Crippen molar-refractivity contribution in [2.24, 2.45) is 5.73 Å². The predicted octanol–water partition coefficient (Wildman–Crippen LogP) is 0.606. The molecule has 0 aromatic carbocycles. The van der Waals surface area contributed by atoms with Crippen molar-refractivity contribution < 1.29 is 4.79 Å². The van der Waals surface area contributed by atoms with E-state index in [0.717, 1.165) is 5.69 Å². The molecule has 0 spiro atoms. The van der Waals surface area contributed by atoms with Gasteiger partial charge in [0.25, 0.3) is 0 Å². The summed E-state index contributed by atoms with van der Waals surface area (Å²) in [4.78, 5) is 15.0. The van der Waals surface area contributed by atoms with E-state index in [0.29, 0.717) is 0 Å². The summed E-state index contributed by atoms with van der Waals surface area (Å²) >= 11 is 0. The van der Waals surface area contributed by atoms with Crippen molar-refractivity contribution in [3.05, 3.63) is 30.1 Å². The Morgan fingerprint density at radius 1 is 1.50 bits per heavy atom. The molecule has 0 fully saturated rings. The van der Waals surface area contributed by atoms with Crippen LogP contribution in [0.15, 0.2) is 24.4 Å². The highest BCUT2D eigenvalue weighted by atomic mass is 16.1. The van der Waals surface area contributed by atoms with Crippen molar-refractivity contribution in [1.82, 2.24) is 10.3 Å². The third-order valence-corrected chi connectivity index (χ3v) is 2.06. The monoisotopic (exact) mass is 193 g/mol. The molecule has 4 nitrogen and oxygen atoms in total. The minimum atomic E-state index is -0.354. The molecule has 1 amide bonds. The van der Waals surface area contributed by atoms with Crippen molar-refractivity contribution in [1.29, 1.82) is 0 Å². The Morgan fingerprint density at radius 3 is 2.71 bits per heavy atom. The summed E-state index contributed by atoms with van der Waals surface area (Å²) in [5.41, 5.74) is 6.04. The second-order valence-corrected chi connectivity index (χ2v) is 3.27. The van der Waals surface area contributed by atoms with Crippen LogP contribution in [0.5, 0.6) is 0 Å². The van der Waals surface area contributed by atoms with Crippen LogP contribution in [0.25, 0.3) is 0 Å². The first-order valence-electron chi connectivity index (χ1n) is 4.57. The van der Waals surface area contributed by atoms with Gasteiger partial charge in [0.2, 0.25) is 5.91 Å². The molecule has 0 saturated carbocycles. The van der Waals surface area contributed by atoms with Gasteiger partial charge in [-0.2, -0.15) is 0 Å². The van der Waals surface area contributed by atoms with E-state index in [1.807, 2.05) is 25.1 Å². The summed E-state index contributed by atoms with van der Waals surface area (Å²) in [6.45, 7) is 3.68. The van der Waals surface area contributed by atoms with Crippen molar-refractivity contribution >= 4 is 5.91 Å². The fraction of sp³-hybridized carbons (Fsp3) is 0.400. The number of nitrogens with zero attached hydrogens (tertiary/aromatic N) is 1. The molecule has 76 valence electrons. The number of rotatable bonds is 4. The van der Waals surface area contributed by atoms with Gasteiger partial charge in [0.05, 0.1) is 11.7 Å². The minimum absolute atomic E-state index is 0.0266. The quantitative estimate of drug-likeness (QED) is 0.736. The molecule has 0 aliphatic heterocycles. The summed E-state index contributed by atoms with van der Waals surface area (Å²) in [5, 5.41) is 3.06. The average molecular weight is 193 g/mol. The zero-order valence-electron chi connectivity index (χ0n) is 8.40. The molecule has 0 saturated heterocycles. The van der Waals surface area contributed by atoms with E-state index in [4.69, 9.17) is 5.73 Å². The standard InChI is InChI=1S/C10H15N3O/c1-7(13-8(2)10(11)14)9-5-3-4-6-12-9/h3-8,13H,1-2H3,(H2,11,14)/t7-,8?/m1/s1. The number of primary amides is 1. The number of nitrogens with two attached hydrogens (primary N) is 1. The van der Waals surface area contributed by atoms with Crippen molar-refractivity contribution in [2.75, 3.05) is 0 Å². The van der Waals surface area contributed by atoms with Gasteiger partial charge in [-0.3, -0.25) is 15.1 Å². The minimum Gasteiger partial charge on any atom is -0.368 e. The number of hydrogen-bond acceptors (Lipinski definition) is 3. The van der Waals surface area contributed by atoms with Gasteiger partial charge in [0.15, 0.2) is 0 Å². The summed E-state index contributed by atoms with van der Waals surface area (Å²) < 4.78 is 0. The van der Waals surface area contributed by atoms with Crippen LogP contribution in [0.1, 0.15) is 25.6 Å². The maximum atomic E-state index is 10.8. The van der Waals surface area contributed by atoms with E-state index in [9.17, 15) is 4.79 Å². The van der Waals surface area contributed by atoms with Crippen molar-refractivity contribution in [3.63, 3.8) is 0 Å². The van der Waals surface area contributed by atoms with E-state index in [-0.39, 0.29) is 18.0 Å². The van der Waals surface area contributed by atoms with Gasteiger partial charge in [-0.1, -0.05) is 6.07 Å². The summed E-state index contributed by atoms with van der Waals surface area (Å²) in [5.74, 6) is -0.354. The van der Waals surface area contributed by atoms with Gasteiger partial charge in [0.1, 0.15) is 0 Å². The van der Waals surface area contributed by atoms with Crippen LogP contribution < -0.4 is 11.1 Å². The first-order chi connectivity index (χ1) is 6.61. The van der Waals surface area contributed by atoms with Gasteiger partial charge in [-0.05, 0) is 26.0 Å². The lowest BCUT2D eigenvalue weighted by molar-refractivity contribution is -0.119. The first kappa shape index (κ1) is 10.7. The number of pyridine rings is 1. The van der Waals surface area contributed by atoms with Gasteiger partial charge in [-0.15, -0.1) is 0 Å². The molecular weight excluding hydrogens is 178 g/mol. The maximum Gasteiger partial charge on any atom is 0.234 e. The van der Waals surface area contributed by atoms with Crippen LogP contribution >= 0.6 is 0 Å². The summed E-state index contributed by atoms with van der Waals surface area (Å²) in [6.07, 6.45) is 1.72. The zero-order valence-corrected chi connectivity index (χ0v) is 8.40. The van der Waals surface area contributed by atoms with Crippen molar-refractivity contribution in [3.8, 4) is 0 Å². The Morgan fingerprint density at radius 2 is 2.21 bits per heavy atom. The van der Waals surface area contributed by atoms with E-state index >= 15 is 0 Å². The lowest BCUT2D eigenvalue weighted by atomic mass is 10.2. The highest BCUT2D eigenvalue weighted by molar-refractivity contribution is 5.79. The molecule has 0 aliphatic carbocycles. The third kappa shape index (κ3) is 2.81. The predicted molar refractivity (Wildman–Crippen MR) is 54.4 cm³/mol. The molecule has 3 N–H and O–H groups in total. The van der Waals surface area contributed by atoms with Gasteiger partial charge >= 0.3 is 0 Å². The molecular formula is C10H15N3O. The van der Waals surface area contributed by atoms with Crippen LogP contribution in [0.2, 0.25) is 0 Å². The van der Waals surface area contributed by atoms with E-state index in [1.54, 1.807) is 13.1 Å². The molecule has 4 heteroatoms. The molecule has 1 rings (SSSR count). The zero-order chi connectivity index (χ0) is 10.6. The highest BCUT2D eigenvalue weighted by Crippen LogP contribution is 2.08. The second kappa shape index (κ2) is 4.72. The molecule has 1 unspecified atom stereocenters. The maximum absolute atomic E-state index is 10.8. The Balaban J connectivity index is 2.59. The number of nitrogens with one attached hydrogen (secondary N) is 1. The largest absolute Gasteiger partial charge is 0.368 e.